The Labute approximate surface area is 193 Å². The van der Waals surface area contributed by atoms with Crippen molar-refractivity contribution in [2.24, 2.45) is 5.92 Å². The van der Waals surface area contributed by atoms with Gasteiger partial charge in [0.2, 0.25) is 5.91 Å². The third kappa shape index (κ3) is 4.42. The maximum atomic E-state index is 13.3. The van der Waals surface area contributed by atoms with Crippen molar-refractivity contribution in [1.82, 2.24) is 24.8 Å². The third-order valence-corrected chi connectivity index (χ3v) is 6.89. The number of amides is 2. The van der Waals surface area contributed by atoms with Crippen LogP contribution in [0.3, 0.4) is 0 Å². The fourth-order valence-corrected chi connectivity index (χ4v) is 4.98. The molecule has 2 aliphatic heterocycles. The van der Waals surface area contributed by atoms with Crippen LogP contribution in [0.1, 0.15) is 47.8 Å². The first-order valence-corrected chi connectivity index (χ1v) is 11.6. The van der Waals surface area contributed by atoms with Crippen molar-refractivity contribution < 1.29 is 14.3 Å². The molecule has 2 amide bonds. The average molecular weight is 448 g/mol. The Hall–Kier alpha value is -3.42. The van der Waals surface area contributed by atoms with Crippen LogP contribution in [-0.2, 0) is 4.79 Å². The SMILES string of the molecule is COc1ccc(C(=O)N2CCCC(C(=O)N3CCC(c4nc5ccncc5[nH]4)CC3)C2)cc1. The molecule has 172 valence electrons. The van der Waals surface area contributed by atoms with Crippen LogP contribution in [0.4, 0.5) is 0 Å². The van der Waals surface area contributed by atoms with Crippen LogP contribution in [0.15, 0.2) is 42.7 Å². The van der Waals surface area contributed by atoms with E-state index >= 15 is 0 Å². The highest BCUT2D eigenvalue weighted by Crippen LogP contribution is 2.29. The summed E-state index contributed by atoms with van der Waals surface area (Å²) >= 11 is 0. The van der Waals surface area contributed by atoms with Crippen LogP contribution in [-0.4, -0.2) is 69.9 Å². The van der Waals surface area contributed by atoms with Crippen molar-refractivity contribution in [2.45, 2.75) is 31.6 Å². The number of nitrogens with one attached hydrogen (secondary N) is 1. The van der Waals surface area contributed by atoms with Gasteiger partial charge in [0.25, 0.3) is 5.91 Å². The number of hydrogen-bond acceptors (Lipinski definition) is 5. The first-order valence-electron chi connectivity index (χ1n) is 11.6. The van der Waals surface area contributed by atoms with Crippen molar-refractivity contribution in [3.05, 3.63) is 54.1 Å². The second-order valence-corrected chi connectivity index (χ2v) is 8.93. The van der Waals surface area contributed by atoms with Gasteiger partial charge >= 0.3 is 0 Å². The highest BCUT2D eigenvalue weighted by atomic mass is 16.5. The molecule has 5 rings (SSSR count). The first-order chi connectivity index (χ1) is 16.1. The van der Waals surface area contributed by atoms with E-state index in [2.05, 4.69) is 9.97 Å². The van der Waals surface area contributed by atoms with Crippen LogP contribution < -0.4 is 4.74 Å². The molecule has 2 fully saturated rings. The summed E-state index contributed by atoms with van der Waals surface area (Å²) in [7, 11) is 1.61. The van der Waals surface area contributed by atoms with Gasteiger partial charge < -0.3 is 19.5 Å². The van der Waals surface area contributed by atoms with E-state index in [-0.39, 0.29) is 17.7 Å². The molecule has 1 unspecified atom stereocenters. The number of piperidine rings is 2. The number of nitrogens with zero attached hydrogens (tertiary/aromatic N) is 4. The van der Waals surface area contributed by atoms with E-state index < -0.39 is 0 Å². The fourth-order valence-electron chi connectivity index (χ4n) is 4.98. The zero-order valence-corrected chi connectivity index (χ0v) is 18.9. The number of imidazole rings is 1. The standard InChI is InChI=1S/C25H29N5O3/c1-33-20-6-4-18(5-7-20)24(31)30-12-2-3-19(16-30)25(32)29-13-9-17(10-14-29)23-27-21-8-11-26-15-22(21)28-23/h4-8,11,15,17,19H,2-3,9-10,12-14,16H2,1H3,(H,27,28). The quantitative estimate of drug-likeness (QED) is 0.663. The Morgan fingerprint density at radius 1 is 1.03 bits per heavy atom. The smallest absolute Gasteiger partial charge is 0.253 e. The second-order valence-electron chi connectivity index (χ2n) is 8.93. The molecule has 8 nitrogen and oxygen atoms in total. The van der Waals surface area contributed by atoms with Gasteiger partial charge in [-0.05, 0) is 56.0 Å². The molecule has 2 aromatic heterocycles. The summed E-state index contributed by atoms with van der Waals surface area (Å²) in [6, 6.07) is 9.07. The molecule has 2 aliphatic rings. The third-order valence-electron chi connectivity index (χ3n) is 6.89. The zero-order chi connectivity index (χ0) is 22.8. The summed E-state index contributed by atoms with van der Waals surface area (Å²) in [5, 5.41) is 0. The second kappa shape index (κ2) is 9.21. The van der Waals surface area contributed by atoms with Gasteiger partial charge in [0.05, 0.1) is 30.3 Å². The molecule has 0 aliphatic carbocycles. The summed E-state index contributed by atoms with van der Waals surface area (Å²) in [4.78, 5) is 42.3. The normalized spacial score (nSPS) is 19.6. The monoisotopic (exact) mass is 447 g/mol. The number of fused-ring (bicyclic) bond motifs is 1. The van der Waals surface area contributed by atoms with E-state index in [0.29, 0.717) is 24.6 Å². The lowest BCUT2D eigenvalue weighted by Crippen LogP contribution is -2.48. The van der Waals surface area contributed by atoms with Crippen LogP contribution >= 0.6 is 0 Å². The Morgan fingerprint density at radius 3 is 2.55 bits per heavy atom. The van der Waals surface area contributed by atoms with Gasteiger partial charge in [0, 0.05) is 43.9 Å². The lowest BCUT2D eigenvalue weighted by Gasteiger charge is -2.37. The van der Waals surface area contributed by atoms with Gasteiger partial charge in [-0.2, -0.15) is 0 Å². The van der Waals surface area contributed by atoms with Crippen molar-refractivity contribution >= 4 is 22.8 Å². The number of aromatic nitrogens is 3. The minimum absolute atomic E-state index is 0.0202. The van der Waals surface area contributed by atoms with Gasteiger partial charge in [0.15, 0.2) is 0 Å². The zero-order valence-electron chi connectivity index (χ0n) is 18.9. The van der Waals surface area contributed by atoms with Gasteiger partial charge in [-0.25, -0.2) is 4.98 Å². The molecular formula is C25H29N5O3. The summed E-state index contributed by atoms with van der Waals surface area (Å²) in [5.74, 6) is 2.05. The number of carbonyl (C=O) groups excluding carboxylic acids is 2. The number of H-pyrrole nitrogens is 1. The van der Waals surface area contributed by atoms with E-state index in [0.717, 1.165) is 61.4 Å². The maximum absolute atomic E-state index is 13.3. The predicted octanol–water partition coefficient (Wildman–Crippen LogP) is 3.22. The molecule has 0 saturated carbocycles. The van der Waals surface area contributed by atoms with Crippen molar-refractivity contribution in [1.29, 1.82) is 0 Å². The summed E-state index contributed by atoms with van der Waals surface area (Å²) in [6.07, 6.45) is 7.01. The highest BCUT2D eigenvalue weighted by Gasteiger charge is 2.34. The number of rotatable bonds is 4. The number of benzene rings is 1. The predicted molar refractivity (Wildman–Crippen MR) is 124 cm³/mol. The lowest BCUT2D eigenvalue weighted by molar-refractivity contribution is -0.138. The molecule has 2 saturated heterocycles. The van der Waals surface area contributed by atoms with Gasteiger partial charge in [0.1, 0.15) is 11.6 Å². The molecule has 8 heteroatoms. The molecule has 4 heterocycles. The lowest BCUT2D eigenvalue weighted by atomic mass is 9.92. The highest BCUT2D eigenvalue weighted by molar-refractivity contribution is 5.95. The molecule has 1 N–H and O–H groups in total. The van der Waals surface area contributed by atoms with Crippen molar-refractivity contribution in [3.63, 3.8) is 0 Å². The topological polar surface area (TPSA) is 91.4 Å². The minimum Gasteiger partial charge on any atom is -0.497 e. The van der Waals surface area contributed by atoms with Crippen LogP contribution in [0.5, 0.6) is 5.75 Å². The molecule has 0 spiro atoms. The van der Waals surface area contributed by atoms with Crippen LogP contribution in [0, 0.1) is 5.92 Å². The molecule has 3 aromatic rings. The molecule has 1 aromatic carbocycles. The Morgan fingerprint density at radius 2 is 1.82 bits per heavy atom. The van der Waals surface area contributed by atoms with Crippen LogP contribution in [0.2, 0.25) is 0 Å². The number of ether oxygens (including phenoxy) is 1. The number of methoxy groups -OCH3 is 1. The van der Waals surface area contributed by atoms with Crippen molar-refractivity contribution in [2.75, 3.05) is 33.3 Å². The van der Waals surface area contributed by atoms with E-state index in [1.165, 1.54) is 0 Å². The Bertz CT molecular complexity index is 1100. The van der Waals surface area contributed by atoms with Gasteiger partial charge in [-0.15, -0.1) is 0 Å². The number of hydrogen-bond donors (Lipinski definition) is 1. The number of pyridine rings is 1. The van der Waals surface area contributed by atoms with E-state index in [9.17, 15) is 9.59 Å². The van der Waals surface area contributed by atoms with Crippen molar-refractivity contribution in [3.8, 4) is 5.75 Å². The molecule has 1 atom stereocenters. The van der Waals surface area contributed by atoms with E-state index in [1.54, 1.807) is 43.8 Å². The fraction of sp³-hybridized carbons (Fsp3) is 0.440. The molecular weight excluding hydrogens is 418 g/mol. The summed E-state index contributed by atoms with van der Waals surface area (Å²) in [5.41, 5.74) is 2.52. The molecule has 0 bridgehead atoms. The average Bonchev–Trinajstić information content (AvgIpc) is 3.32. The number of likely N-dealkylation sites (tertiary alicyclic amines) is 2. The van der Waals surface area contributed by atoms with E-state index in [4.69, 9.17) is 9.72 Å². The van der Waals surface area contributed by atoms with Gasteiger partial charge in [-0.3, -0.25) is 14.6 Å². The largest absolute Gasteiger partial charge is 0.497 e. The summed E-state index contributed by atoms with van der Waals surface area (Å²) in [6.45, 7) is 2.63. The van der Waals surface area contributed by atoms with E-state index in [1.807, 2.05) is 15.9 Å². The minimum atomic E-state index is -0.130. The van der Waals surface area contributed by atoms with Crippen LogP contribution in [0.25, 0.3) is 11.0 Å². The Balaban J connectivity index is 1.18. The Kier molecular flexibility index (Phi) is 5.98. The van der Waals surface area contributed by atoms with Gasteiger partial charge in [-0.1, -0.05) is 0 Å². The molecule has 33 heavy (non-hydrogen) atoms. The first kappa shape index (κ1) is 21.4. The number of carbonyl (C=O) groups is 2. The number of aromatic amines is 1. The molecule has 0 radical (unpaired) electrons. The summed E-state index contributed by atoms with van der Waals surface area (Å²) < 4.78 is 5.18. The maximum Gasteiger partial charge on any atom is 0.253 e.